The summed E-state index contributed by atoms with van der Waals surface area (Å²) in [5, 5.41) is 0.335. The number of pyridine rings is 2. The molecule has 0 bridgehead atoms. The Morgan fingerprint density at radius 3 is 2.67 bits per heavy atom. The van der Waals surface area contributed by atoms with Crippen LogP contribution in [0.4, 0.5) is 0 Å². The fourth-order valence-electron chi connectivity index (χ4n) is 2.10. The predicted molar refractivity (Wildman–Crippen MR) is 79.7 cm³/mol. The maximum atomic E-state index is 12.2. The first-order valence-electron chi connectivity index (χ1n) is 6.38. The molecular weight excluding hydrogens is 292 g/mol. The highest BCUT2D eigenvalue weighted by Crippen LogP contribution is 2.33. The van der Waals surface area contributed by atoms with Crippen molar-refractivity contribution >= 4 is 17.6 Å². The van der Waals surface area contributed by atoms with Crippen molar-refractivity contribution in [3.8, 4) is 16.9 Å². The highest BCUT2D eigenvalue weighted by atomic mass is 35.5. The van der Waals surface area contributed by atoms with Gasteiger partial charge in [-0.05, 0) is 24.1 Å². The Labute approximate surface area is 127 Å². The third-order valence-electron chi connectivity index (χ3n) is 3.07. The number of carbonyl (C=O) groups excluding carboxylic acids is 1. The van der Waals surface area contributed by atoms with Crippen molar-refractivity contribution in [3.63, 3.8) is 0 Å². The van der Waals surface area contributed by atoms with Crippen molar-refractivity contribution in [1.82, 2.24) is 9.97 Å². The van der Waals surface area contributed by atoms with Gasteiger partial charge in [-0.25, -0.2) is 9.78 Å². The van der Waals surface area contributed by atoms with Gasteiger partial charge in [-0.1, -0.05) is 18.5 Å². The summed E-state index contributed by atoms with van der Waals surface area (Å²) in [5.41, 5.74) is 2.36. The molecule has 110 valence electrons. The molecule has 2 rings (SSSR count). The number of aromatic nitrogens is 2. The fourth-order valence-corrected chi connectivity index (χ4v) is 2.27. The van der Waals surface area contributed by atoms with Gasteiger partial charge in [0, 0.05) is 18.0 Å². The summed E-state index contributed by atoms with van der Waals surface area (Å²) in [6, 6.07) is 3.41. The van der Waals surface area contributed by atoms with Crippen LogP contribution in [0.5, 0.6) is 5.75 Å². The van der Waals surface area contributed by atoms with E-state index >= 15 is 0 Å². The van der Waals surface area contributed by atoms with Gasteiger partial charge in [0.05, 0.1) is 19.9 Å². The molecule has 0 atom stereocenters. The summed E-state index contributed by atoms with van der Waals surface area (Å²) >= 11 is 5.91. The van der Waals surface area contributed by atoms with Crippen molar-refractivity contribution in [3.05, 3.63) is 40.9 Å². The molecule has 0 unspecified atom stereocenters. The number of halogens is 1. The number of rotatable bonds is 4. The normalized spacial score (nSPS) is 10.3. The van der Waals surface area contributed by atoms with Crippen LogP contribution in [0.2, 0.25) is 5.15 Å². The monoisotopic (exact) mass is 306 g/mol. The second-order valence-corrected chi connectivity index (χ2v) is 4.63. The van der Waals surface area contributed by atoms with Crippen LogP contribution < -0.4 is 4.74 Å². The third kappa shape index (κ3) is 2.97. The first-order valence-corrected chi connectivity index (χ1v) is 6.76. The standard InChI is InChI=1S/C15H15ClN2O3/c1-4-11-14(20-2)13(15(19)21-3)10(8-18-11)9-5-6-17-12(16)7-9/h5-8H,4H2,1-3H3. The number of carbonyl (C=O) groups is 1. The average Bonchev–Trinajstić information content (AvgIpc) is 2.52. The van der Waals surface area contributed by atoms with Crippen molar-refractivity contribution in [2.24, 2.45) is 0 Å². The lowest BCUT2D eigenvalue weighted by molar-refractivity contribution is 0.0597. The van der Waals surface area contributed by atoms with Gasteiger partial charge in [-0.15, -0.1) is 0 Å². The van der Waals surface area contributed by atoms with E-state index in [0.717, 1.165) is 5.56 Å². The van der Waals surface area contributed by atoms with E-state index in [9.17, 15) is 4.79 Å². The van der Waals surface area contributed by atoms with Gasteiger partial charge >= 0.3 is 5.97 Å². The van der Waals surface area contributed by atoms with Gasteiger partial charge in [-0.2, -0.15) is 0 Å². The molecule has 0 aliphatic heterocycles. The van der Waals surface area contributed by atoms with Gasteiger partial charge in [0.25, 0.3) is 0 Å². The topological polar surface area (TPSA) is 61.3 Å². The van der Waals surface area contributed by atoms with Crippen molar-refractivity contribution in [2.45, 2.75) is 13.3 Å². The number of esters is 1. The lowest BCUT2D eigenvalue weighted by Gasteiger charge is -2.15. The quantitative estimate of drug-likeness (QED) is 0.641. The van der Waals surface area contributed by atoms with Gasteiger partial charge in [0.1, 0.15) is 10.7 Å². The molecule has 0 saturated carbocycles. The van der Waals surface area contributed by atoms with E-state index in [1.54, 1.807) is 24.5 Å². The molecule has 0 spiro atoms. The smallest absolute Gasteiger partial charge is 0.342 e. The first kappa shape index (κ1) is 15.3. The average molecular weight is 307 g/mol. The highest BCUT2D eigenvalue weighted by Gasteiger charge is 2.23. The van der Waals surface area contributed by atoms with Crippen LogP contribution in [-0.4, -0.2) is 30.2 Å². The molecule has 0 saturated heterocycles. The Kier molecular flexibility index (Phi) is 4.75. The lowest BCUT2D eigenvalue weighted by Crippen LogP contribution is -2.09. The maximum absolute atomic E-state index is 12.2. The Morgan fingerprint density at radius 2 is 2.10 bits per heavy atom. The van der Waals surface area contributed by atoms with Crippen LogP contribution in [0.25, 0.3) is 11.1 Å². The molecule has 21 heavy (non-hydrogen) atoms. The van der Waals surface area contributed by atoms with Crippen LogP contribution in [0.3, 0.4) is 0 Å². The Bertz CT molecular complexity index is 674. The predicted octanol–water partition coefficient (Wildman–Crippen LogP) is 3.15. The summed E-state index contributed by atoms with van der Waals surface area (Å²) < 4.78 is 10.2. The number of methoxy groups -OCH3 is 2. The Balaban J connectivity index is 2.74. The van der Waals surface area contributed by atoms with Gasteiger partial charge in [0.15, 0.2) is 5.75 Å². The highest BCUT2D eigenvalue weighted by molar-refractivity contribution is 6.29. The fraction of sp³-hybridized carbons (Fsp3) is 0.267. The molecule has 0 aliphatic carbocycles. The third-order valence-corrected chi connectivity index (χ3v) is 3.28. The lowest BCUT2D eigenvalue weighted by atomic mass is 10.0. The van der Waals surface area contributed by atoms with Crippen LogP contribution in [0.15, 0.2) is 24.5 Å². The second kappa shape index (κ2) is 6.54. The van der Waals surface area contributed by atoms with Crippen molar-refractivity contribution in [1.29, 1.82) is 0 Å². The summed E-state index contributed by atoms with van der Waals surface area (Å²) in [5.74, 6) is -0.0540. The number of ether oxygens (including phenoxy) is 2. The van der Waals surface area contributed by atoms with E-state index in [1.807, 2.05) is 6.92 Å². The first-order chi connectivity index (χ1) is 10.1. The second-order valence-electron chi connectivity index (χ2n) is 4.24. The zero-order chi connectivity index (χ0) is 15.4. The van der Waals surface area contributed by atoms with Gasteiger partial charge in [0.2, 0.25) is 0 Å². The molecule has 2 aromatic rings. The zero-order valence-electron chi connectivity index (χ0n) is 12.0. The SMILES string of the molecule is CCc1ncc(-c2ccnc(Cl)c2)c(C(=O)OC)c1OC. The number of nitrogens with zero attached hydrogens (tertiary/aromatic N) is 2. The number of hydrogen-bond acceptors (Lipinski definition) is 5. The van der Waals surface area contributed by atoms with Crippen LogP contribution >= 0.6 is 11.6 Å². The van der Waals surface area contributed by atoms with E-state index in [4.69, 9.17) is 21.1 Å². The molecule has 0 radical (unpaired) electrons. The van der Waals surface area contributed by atoms with Crippen molar-refractivity contribution < 1.29 is 14.3 Å². The molecule has 0 amide bonds. The van der Waals surface area contributed by atoms with Crippen LogP contribution in [0, 0.1) is 0 Å². The van der Waals surface area contributed by atoms with Gasteiger partial charge < -0.3 is 9.47 Å². The molecule has 0 aromatic carbocycles. The van der Waals surface area contributed by atoms with Crippen LogP contribution in [-0.2, 0) is 11.2 Å². The van der Waals surface area contributed by atoms with E-state index in [1.165, 1.54) is 14.2 Å². The van der Waals surface area contributed by atoms with E-state index < -0.39 is 5.97 Å². The largest absolute Gasteiger partial charge is 0.494 e. The molecule has 5 nitrogen and oxygen atoms in total. The van der Waals surface area contributed by atoms with E-state index in [2.05, 4.69) is 9.97 Å². The van der Waals surface area contributed by atoms with Gasteiger partial charge in [-0.3, -0.25) is 4.98 Å². The Morgan fingerprint density at radius 1 is 1.33 bits per heavy atom. The van der Waals surface area contributed by atoms with E-state index in [0.29, 0.717) is 34.1 Å². The van der Waals surface area contributed by atoms with Crippen molar-refractivity contribution in [2.75, 3.05) is 14.2 Å². The molecule has 0 fully saturated rings. The minimum Gasteiger partial charge on any atom is -0.494 e. The number of hydrogen-bond donors (Lipinski definition) is 0. The molecule has 0 aliphatic rings. The van der Waals surface area contributed by atoms with Crippen LogP contribution in [0.1, 0.15) is 23.0 Å². The molecule has 6 heteroatoms. The summed E-state index contributed by atoms with van der Waals surface area (Å²) in [6.07, 6.45) is 3.84. The molecular formula is C15H15ClN2O3. The summed E-state index contributed by atoms with van der Waals surface area (Å²) in [6.45, 7) is 1.94. The maximum Gasteiger partial charge on any atom is 0.342 e. The molecule has 2 aromatic heterocycles. The summed E-state index contributed by atoms with van der Waals surface area (Å²) in [4.78, 5) is 20.5. The molecule has 2 heterocycles. The molecule has 0 N–H and O–H groups in total. The zero-order valence-corrected chi connectivity index (χ0v) is 12.8. The Hall–Kier alpha value is -2.14. The van der Waals surface area contributed by atoms with E-state index in [-0.39, 0.29) is 0 Å². The summed E-state index contributed by atoms with van der Waals surface area (Å²) in [7, 11) is 2.84. The minimum absolute atomic E-state index is 0.335. The number of aryl methyl sites for hydroxylation is 1. The minimum atomic E-state index is -0.480.